The van der Waals surface area contributed by atoms with Crippen molar-refractivity contribution >= 4 is 11.9 Å². The minimum absolute atomic E-state index is 0.0569. The molecule has 126 valence electrons. The monoisotopic (exact) mass is 324 g/mol. The van der Waals surface area contributed by atoms with Crippen molar-refractivity contribution < 1.29 is 4.79 Å². The van der Waals surface area contributed by atoms with Crippen LogP contribution < -0.4 is 5.32 Å². The van der Waals surface area contributed by atoms with Gasteiger partial charge in [-0.1, -0.05) is 37.3 Å². The first kappa shape index (κ1) is 16.6. The molecule has 3 rings (SSSR count). The molecule has 1 N–H and O–H groups in total. The number of aromatic nitrogens is 2. The number of amides is 1. The number of anilines is 1. The highest BCUT2D eigenvalue weighted by Crippen LogP contribution is 2.34. The molecule has 1 aliphatic rings. The largest absolute Gasteiger partial charge is 0.293 e. The molecule has 0 bridgehead atoms. The number of carbonyl (C=O) groups excluding carboxylic acids is 1. The molecule has 1 amide bonds. The molecule has 1 aromatic carbocycles. The van der Waals surface area contributed by atoms with Crippen LogP contribution in [0.15, 0.2) is 48.8 Å². The van der Waals surface area contributed by atoms with E-state index in [4.69, 9.17) is 0 Å². The van der Waals surface area contributed by atoms with E-state index in [9.17, 15) is 4.79 Å². The standard InChI is InChI=1S/C19H24N4O/c1-15(17(24)22-18-20-11-7-12-21-18)23-13-6-10-19(2,14-23)16-8-4-3-5-9-16/h3-5,7-9,11-12,15H,6,10,13-14H2,1-2H3,(H,20,21,22,24)/t15-,19-/m1/s1. The van der Waals surface area contributed by atoms with E-state index in [0.29, 0.717) is 5.95 Å². The lowest BCUT2D eigenvalue weighted by atomic mass is 9.75. The number of nitrogens with one attached hydrogen (secondary N) is 1. The van der Waals surface area contributed by atoms with Crippen molar-refractivity contribution in [2.24, 2.45) is 0 Å². The third-order valence-corrected chi connectivity index (χ3v) is 4.92. The van der Waals surface area contributed by atoms with Crippen LogP contribution in [0.25, 0.3) is 0 Å². The Labute approximate surface area is 143 Å². The van der Waals surface area contributed by atoms with Crippen molar-refractivity contribution in [3.05, 3.63) is 54.4 Å². The van der Waals surface area contributed by atoms with E-state index >= 15 is 0 Å². The van der Waals surface area contributed by atoms with Gasteiger partial charge in [-0.15, -0.1) is 0 Å². The Morgan fingerprint density at radius 1 is 1.21 bits per heavy atom. The van der Waals surface area contributed by atoms with Crippen LogP contribution in [0.1, 0.15) is 32.3 Å². The minimum Gasteiger partial charge on any atom is -0.293 e. The number of rotatable bonds is 4. The molecule has 1 aliphatic heterocycles. The summed E-state index contributed by atoms with van der Waals surface area (Å²) in [6, 6.07) is 12.1. The van der Waals surface area contributed by atoms with Gasteiger partial charge in [0.1, 0.15) is 0 Å². The van der Waals surface area contributed by atoms with Gasteiger partial charge in [0.25, 0.3) is 0 Å². The maximum absolute atomic E-state index is 12.5. The number of hydrogen-bond acceptors (Lipinski definition) is 4. The SMILES string of the molecule is C[C@H](C(=O)Nc1ncccn1)N1CCC[C@@](C)(c2ccccc2)C1. The van der Waals surface area contributed by atoms with E-state index in [1.54, 1.807) is 18.5 Å². The molecule has 5 heteroatoms. The van der Waals surface area contributed by atoms with Crippen molar-refractivity contribution in [1.82, 2.24) is 14.9 Å². The highest BCUT2D eigenvalue weighted by atomic mass is 16.2. The Kier molecular flexibility index (Phi) is 4.90. The Bertz CT molecular complexity index is 676. The van der Waals surface area contributed by atoms with Crippen LogP contribution in [0.2, 0.25) is 0 Å². The molecule has 1 aromatic heterocycles. The van der Waals surface area contributed by atoms with E-state index in [-0.39, 0.29) is 17.4 Å². The first-order chi connectivity index (χ1) is 11.6. The molecule has 1 saturated heterocycles. The summed E-state index contributed by atoms with van der Waals surface area (Å²) in [4.78, 5) is 22.9. The minimum atomic E-state index is -0.211. The summed E-state index contributed by atoms with van der Waals surface area (Å²) in [5.74, 6) is 0.302. The van der Waals surface area contributed by atoms with Gasteiger partial charge in [-0.2, -0.15) is 0 Å². The van der Waals surface area contributed by atoms with Gasteiger partial charge >= 0.3 is 0 Å². The van der Waals surface area contributed by atoms with Crippen LogP contribution in [-0.4, -0.2) is 39.9 Å². The second-order valence-electron chi connectivity index (χ2n) is 6.74. The maximum Gasteiger partial charge on any atom is 0.243 e. The van der Waals surface area contributed by atoms with Crippen molar-refractivity contribution in [3.63, 3.8) is 0 Å². The van der Waals surface area contributed by atoms with Crippen LogP contribution in [0.5, 0.6) is 0 Å². The van der Waals surface area contributed by atoms with Gasteiger partial charge in [0.15, 0.2) is 0 Å². The van der Waals surface area contributed by atoms with Crippen LogP contribution in [0.3, 0.4) is 0 Å². The quantitative estimate of drug-likeness (QED) is 0.939. The average molecular weight is 324 g/mol. The van der Waals surface area contributed by atoms with E-state index in [2.05, 4.69) is 51.4 Å². The third kappa shape index (κ3) is 3.62. The van der Waals surface area contributed by atoms with Crippen molar-refractivity contribution in [2.75, 3.05) is 18.4 Å². The fourth-order valence-corrected chi connectivity index (χ4v) is 3.43. The zero-order chi connectivity index (χ0) is 17.0. The molecule has 0 radical (unpaired) electrons. The molecular weight excluding hydrogens is 300 g/mol. The second kappa shape index (κ2) is 7.09. The van der Waals surface area contributed by atoms with Gasteiger partial charge in [-0.3, -0.25) is 15.0 Å². The smallest absolute Gasteiger partial charge is 0.243 e. The Morgan fingerprint density at radius 3 is 2.62 bits per heavy atom. The fourth-order valence-electron chi connectivity index (χ4n) is 3.43. The highest BCUT2D eigenvalue weighted by Gasteiger charge is 2.35. The molecule has 2 heterocycles. The van der Waals surface area contributed by atoms with Crippen molar-refractivity contribution in [2.45, 2.75) is 38.1 Å². The fraction of sp³-hybridized carbons (Fsp3) is 0.421. The number of carbonyl (C=O) groups is 1. The molecule has 24 heavy (non-hydrogen) atoms. The predicted molar refractivity (Wildman–Crippen MR) is 94.7 cm³/mol. The van der Waals surface area contributed by atoms with Crippen LogP contribution in [0, 0.1) is 0 Å². The second-order valence-corrected chi connectivity index (χ2v) is 6.74. The van der Waals surface area contributed by atoms with Crippen LogP contribution in [0.4, 0.5) is 5.95 Å². The number of benzene rings is 1. The van der Waals surface area contributed by atoms with Crippen molar-refractivity contribution in [1.29, 1.82) is 0 Å². The summed E-state index contributed by atoms with van der Waals surface area (Å²) in [5.41, 5.74) is 1.42. The predicted octanol–water partition coefficient (Wildman–Crippen LogP) is 2.86. The maximum atomic E-state index is 12.5. The highest BCUT2D eigenvalue weighted by molar-refractivity contribution is 5.93. The normalized spacial score (nSPS) is 22.8. The lowest BCUT2D eigenvalue weighted by Crippen LogP contribution is -2.51. The van der Waals surface area contributed by atoms with E-state index in [0.717, 1.165) is 25.9 Å². The van der Waals surface area contributed by atoms with Gasteiger partial charge in [0.2, 0.25) is 11.9 Å². The summed E-state index contributed by atoms with van der Waals surface area (Å²) in [5, 5.41) is 2.80. The molecule has 2 atom stereocenters. The zero-order valence-corrected chi connectivity index (χ0v) is 14.3. The van der Waals surface area contributed by atoms with E-state index < -0.39 is 0 Å². The number of likely N-dealkylation sites (tertiary alicyclic amines) is 1. The van der Waals surface area contributed by atoms with Gasteiger partial charge in [-0.05, 0) is 37.9 Å². The lowest BCUT2D eigenvalue weighted by molar-refractivity contribution is -0.121. The molecule has 0 aliphatic carbocycles. The molecule has 2 aromatic rings. The summed E-state index contributed by atoms with van der Waals surface area (Å²) < 4.78 is 0. The number of piperidine rings is 1. The van der Waals surface area contributed by atoms with Crippen molar-refractivity contribution in [3.8, 4) is 0 Å². The molecule has 5 nitrogen and oxygen atoms in total. The van der Waals surface area contributed by atoms with Gasteiger partial charge < -0.3 is 0 Å². The summed E-state index contributed by atoms with van der Waals surface area (Å²) >= 11 is 0. The molecule has 0 unspecified atom stereocenters. The first-order valence-corrected chi connectivity index (χ1v) is 8.46. The third-order valence-electron chi connectivity index (χ3n) is 4.92. The van der Waals surface area contributed by atoms with Gasteiger partial charge in [-0.25, -0.2) is 9.97 Å². The van der Waals surface area contributed by atoms with E-state index in [1.165, 1.54) is 5.56 Å². The van der Waals surface area contributed by atoms with Gasteiger partial charge in [0, 0.05) is 24.4 Å². The molecule has 0 spiro atoms. The summed E-state index contributed by atoms with van der Waals surface area (Å²) in [7, 11) is 0. The average Bonchev–Trinajstić information content (AvgIpc) is 2.63. The summed E-state index contributed by atoms with van der Waals surface area (Å²) in [6.07, 6.45) is 5.48. The first-order valence-electron chi connectivity index (χ1n) is 8.46. The zero-order valence-electron chi connectivity index (χ0n) is 14.3. The number of hydrogen-bond donors (Lipinski definition) is 1. The molecule has 1 fully saturated rings. The Morgan fingerprint density at radius 2 is 1.92 bits per heavy atom. The Balaban J connectivity index is 1.69. The van der Waals surface area contributed by atoms with Crippen LogP contribution >= 0.6 is 0 Å². The topological polar surface area (TPSA) is 58.1 Å². The van der Waals surface area contributed by atoms with E-state index in [1.807, 2.05) is 13.0 Å². The number of nitrogens with zero attached hydrogens (tertiary/aromatic N) is 3. The summed E-state index contributed by atoms with van der Waals surface area (Å²) in [6.45, 7) is 6.06. The Hall–Kier alpha value is -2.27. The van der Waals surface area contributed by atoms with Crippen LogP contribution in [-0.2, 0) is 10.2 Å². The molecular formula is C19H24N4O. The lowest BCUT2D eigenvalue weighted by Gasteiger charge is -2.43. The van der Waals surface area contributed by atoms with Gasteiger partial charge in [0.05, 0.1) is 6.04 Å². The molecule has 0 saturated carbocycles.